The van der Waals surface area contributed by atoms with E-state index in [2.05, 4.69) is 9.98 Å². The van der Waals surface area contributed by atoms with E-state index in [0.717, 1.165) is 5.69 Å². The van der Waals surface area contributed by atoms with Crippen LogP contribution in [0.4, 0.5) is 5.69 Å². The summed E-state index contributed by atoms with van der Waals surface area (Å²) < 4.78 is 15.9. The normalized spacial score (nSPS) is 17.9. The van der Waals surface area contributed by atoms with Gasteiger partial charge in [0.25, 0.3) is 0 Å². The highest BCUT2D eigenvalue weighted by Gasteiger charge is 2.27. The van der Waals surface area contributed by atoms with Gasteiger partial charge in [0.05, 0.1) is 19.9 Å². The highest BCUT2D eigenvalue weighted by molar-refractivity contribution is 6.11. The molecule has 9 nitrogen and oxygen atoms in total. The predicted octanol–water partition coefficient (Wildman–Crippen LogP) is 2.11. The van der Waals surface area contributed by atoms with Crippen LogP contribution in [0.3, 0.4) is 0 Å². The molecular formula is C23H25N5O4. The summed E-state index contributed by atoms with van der Waals surface area (Å²) in [4.78, 5) is 25.2. The molecule has 1 saturated heterocycles. The molecule has 166 valence electrons. The molecule has 1 fully saturated rings. The lowest BCUT2D eigenvalue weighted by atomic mass is 10.2. The number of nitrogens with zero attached hydrogens (tertiary/aromatic N) is 4. The topological polar surface area (TPSA) is 102 Å². The maximum atomic E-state index is 12.3. The van der Waals surface area contributed by atoms with Crippen molar-refractivity contribution < 1.29 is 19.0 Å². The van der Waals surface area contributed by atoms with Crippen LogP contribution in [-0.2, 0) is 9.53 Å². The lowest BCUT2D eigenvalue weighted by Crippen LogP contribution is -2.49. The van der Waals surface area contributed by atoms with E-state index in [1.165, 1.54) is 0 Å². The number of benzene rings is 2. The maximum Gasteiger partial charge on any atom is 0.365 e. The molecule has 2 aromatic carbocycles. The van der Waals surface area contributed by atoms with Gasteiger partial charge in [-0.15, -0.1) is 0 Å². The van der Waals surface area contributed by atoms with Crippen LogP contribution in [0.5, 0.6) is 11.5 Å². The van der Waals surface area contributed by atoms with E-state index in [-0.39, 0.29) is 11.6 Å². The molecular weight excluding hydrogens is 410 g/mol. The van der Waals surface area contributed by atoms with Crippen LogP contribution >= 0.6 is 0 Å². The van der Waals surface area contributed by atoms with Gasteiger partial charge in [-0.25, -0.2) is 14.8 Å². The van der Waals surface area contributed by atoms with Crippen molar-refractivity contribution in [1.29, 1.82) is 0 Å². The van der Waals surface area contributed by atoms with E-state index in [4.69, 9.17) is 19.9 Å². The molecule has 2 aromatic rings. The Hall–Kier alpha value is -4.01. The van der Waals surface area contributed by atoms with Gasteiger partial charge in [0.15, 0.2) is 23.2 Å². The molecule has 2 aliphatic heterocycles. The summed E-state index contributed by atoms with van der Waals surface area (Å²) in [5, 5.41) is 0. The van der Waals surface area contributed by atoms with Gasteiger partial charge in [0.2, 0.25) is 5.90 Å². The quantitative estimate of drug-likeness (QED) is 0.332. The number of para-hydroxylation sites is 1. The van der Waals surface area contributed by atoms with Gasteiger partial charge in [-0.1, -0.05) is 18.2 Å². The zero-order valence-corrected chi connectivity index (χ0v) is 18.0. The van der Waals surface area contributed by atoms with Gasteiger partial charge in [-0.2, -0.15) is 0 Å². The second-order valence-corrected chi connectivity index (χ2v) is 7.22. The molecule has 0 unspecified atom stereocenters. The van der Waals surface area contributed by atoms with Gasteiger partial charge >= 0.3 is 5.97 Å². The Bertz CT molecular complexity index is 1070. The first-order chi connectivity index (χ1) is 15.6. The summed E-state index contributed by atoms with van der Waals surface area (Å²) in [7, 11) is 3.11. The summed E-state index contributed by atoms with van der Waals surface area (Å²) in [6.07, 6.45) is 1.73. The molecule has 2 heterocycles. The minimum absolute atomic E-state index is 0.236. The number of nitrogens with two attached hydrogens (primary N) is 1. The Balaban J connectivity index is 1.42. The smallest absolute Gasteiger partial charge is 0.365 e. The number of guanidine groups is 1. The molecule has 0 aromatic heterocycles. The summed E-state index contributed by atoms with van der Waals surface area (Å²) in [6, 6.07) is 14.8. The third-order valence-electron chi connectivity index (χ3n) is 5.19. The van der Waals surface area contributed by atoms with Crippen molar-refractivity contribution in [2.75, 3.05) is 40.4 Å². The number of piperazine rings is 1. The van der Waals surface area contributed by atoms with Crippen molar-refractivity contribution >= 4 is 23.5 Å². The lowest BCUT2D eigenvalue weighted by molar-refractivity contribution is -0.130. The molecule has 0 amide bonds. The Morgan fingerprint density at radius 3 is 2.47 bits per heavy atom. The Kier molecular flexibility index (Phi) is 6.25. The summed E-state index contributed by atoms with van der Waals surface area (Å²) in [5.41, 5.74) is 7.88. The number of cyclic esters (lactones) is 1. The minimum Gasteiger partial charge on any atom is -0.493 e. The Labute approximate surface area is 186 Å². The van der Waals surface area contributed by atoms with Gasteiger partial charge < -0.3 is 29.7 Å². The molecule has 0 spiro atoms. The van der Waals surface area contributed by atoms with E-state index in [0.29, 0.717) is 49.2 Å². The molecule has 0 aliphatic carbocycles. The molecule has 0 saturated carbocycles. The SMILES string of the molecule is COc1ccc(C2=NC(=CN3CCN(C(N)=Nc4ccccc4)CC3)C(=O)O2)cc1OC. The van der Waals surface area contributed by atoms with Crippen molar-refractivity contribution in [2.45, 2.75) is 0 Å². The van der Waals surface area contributed by atoms with Gasteiger partial charge in [-0.05, 0) is 30.3 Å². The first-order valence-electron chi connectivity index (χ1n) is 10.2. The fourth-order valence-electron chi connectivity index (χ4n) is 3.45. The highest BCUT2D eigenvalue weighted by Crippen LogP contribution is 2.29. The zero-order valence-electron chi connectivity index (χ0n) is 18.0. The number of carbonyl (C=O) groups excluding carboxylic acids is 1. The third kappa shape index (κ3) is 4.66. The number of hydrogen-bond donors (Lipinski definition) is 1. The van der Waals surface area contributed by atoms with E-state index in [1.807, 2.05) is 40.1 Å². The summed E-state index contributed by atoms with van der Waals surface area (Å²) in [6.45, 7) is 2.74. The second-order valence-electron chi connectivity index (χ2n) is 7.22. The second kappa shape index (κ2) is 9.42. The van der Waals surface area contributed by atoms with Crippen molar-refractivity contribution in [2.24, 2.45) is 15.7 Å². The van der Waals surface area contributed by atoms with Crippen LogP contribution in [0.1, 0.15) is 5.56 Å². The molecule has 9 heteroatoms. The predicted molar refractivity (Wildman–Crippen MR) is 121 cm³/mol. The standard InChI is InChI=1S/C23H25N5O4/c1-30-19-9-8-16(14-20(19)31-2)21-26-18(22(29)32-21)15-27-10-12-28(13-11-27)23(24)25-17-6-4-3-5-7-17/h3-9,14-15H,10-13H2,1-2H3,(H2,24,25). The molecule has 4 rings (SSSR count). The first kappa shape index (κ1) is 21.2. The minimum atomic E-state index is -0.484. The van der Waals surface area contributed by atoms with Crippen LogP contribution in [0.25, 0.3) is 0 Å². The lowest BCUT2D eigenvalue weighted by Gasteiger charge is -2.34. The fourth-order valence-corrected chi connectivity index (χ4v) is 3.45. The van der Waals surface area contributed by atoms with Gasteiger partial charge in [-0.3, -0.25) is 0 Å². The highest BCUT2D eigenvalue weighted by atomic mass is 16.6. The van der Waals surface area contributed by atoms with E-state index < -0.39 is 5.97 Å². The number of carbonyl (C=O) groups is 1. The number of ether oxygens (including phenoxy) is 3. The van der Waals surface area contributed by atoms with Crippen LogP contribution in [0, 0.1) is 0 Å². The van der Waals surface area contributed by atoms with Crippen molar-refractivity contribution in [3.63, 3.8) is 0 Å². The van der Waals surface area contributed by atoms with Gasteiger partial charge in [0.1, 0.15) is 0 Å². The van der Waals surface area contributed by atoms with Crippen LogP contribution in [0.15, 0.2) is 70.4 Å². The average Bonchev–Trinajstić information content (AvgIpc) is 3.19. The summed E-state index contributed by atoms with van der Waals surface area (Å²) in [5.74, 6) is 1.36. The van der Waals surface area contributed by atoms with Crippen LogP contribution in [0.2, 0.25) is 0 Å². The Morgan fingerprint density at radius 1 is 1.06 bits per heavy atom. The largest absolute Gasteiger partial charge is 0.493 e. The first-order valence-corrected chi connectivity index (χ1v) is 10.2. The van der Waals surface area contributed by atoms with Crippen molar-refractivity contribution in [3.8, 4) is 11.5 Å². The Morgan fingerprint density at radius 2 is 1.78 bits per heavy atom. The fraction of sp³-hybridized carbons (Fsp3) is 0.261. The number of hydrogen-bond acceptors (Lipinski definition) is 7. The molecule has 0 atom stereocenters. The maximum absolute atomic E-state index is 12.3. The summed E-state index contributed by atoms with van der Waals surface area (Å²) >= 11 is 0. The third-order valence-corrected chi connectivity index (χ3v) is 5.19. The number of aliphatic imine (C=N–C) groups is 2. The van der Waals surface area contributed by atoms with Crippen molar-refractivity contribution in [1.82, 2.24) is 9.80 Å². The monoisotopic (exact) mass is 435 g/mol. The number of rotatable bonds is 5. The van der Waals surface area contributed by atoms with E-state index >= 15 is 0 Å². The van der Waals surface area contributed by atoms with E-state index in [1.54, 1.807) is 38.6 Å². The van der Waals surface area contributed by atoms with Crippen molar-refractivity contribution in [3.05, 3.63) is 66.0 Å². The molecule has 0 radical (unpaired) electrons. The number of methoxy groups -OCH3 is 2. The van der Waals surface area contributed by atoms with Gasteiger partial charge in [0, 0.05) is 37.9 Å². The molecule has 2 N–H and O–H groups in total. The molecule has 2 aliphatic rings. The molecule has 32 heavy (non-hydrogen) atoms. The van der Waals surface area contributed by atoms with E-state index in [9.17, 15) is 4.79 Å². The van der Waals surface area contributed by atoms with Crippen LogP contribution < -0.4 is 15.2 Å². The zero-order chi connectivity index (χ0) is 22.5. The average molecular weight is 435 g/mol. The molecule has 0 bridgehead atoms. The number of esters is 1. The van der Waals surface area contributed by atoms with Crippen LogP contribution in [-0.4, -0.2) is 68.0 Å².